The Morgan fingerprint density at radius 2 is 0.743 bits per heavy atom. The molecule has 0 aromatic heterocycles. The Balaban J connectivity index is 6.81. The van der Waals surface area contributed by atoms with Gasteiger partial charge in [-0.2, -0.15) is 83.4 Å². The normalized spacial score (nSPS) is 16.5. The molecule has 0 amide bonds. The standard InChI is InChI=1S/C12H6F19NO3/c1-3(2,32(33)34)4(13,14)5(15,16)6(17,18)7(19,20)8(21,22)11(28,29)35-12(30,31)9(23,24)10(25,26)27/h1-2H3. The minimum Gasteiger partial charge on any atom is -0.264 e. The van der Waals surface area contributed by atoms with Gasteiger partial charge in [0.2, 0.25) is 0 Å². The van der Waals surface area contributed by atoms with E-state index < -0.39 is 78.2 Å². The zero-order valence-corrected chi connectivity index (χ0v) is 15.9. The Morgan fingerprint density at radius 3 is 1.03 bits per heavy atom. The molecule has 23 heteroatoms. The highest BCUT2D eigenvalue weighted by molar-refractivity contribution is 5.13. The maximum atomic E-state index is 13.7. The molecular weight excluding hydrogens is 567 g/mol. The molecule has 0 aliphatic carbocycles. The van der Waals surface area contributed by atoms with Crippen molar-refractivity contribution >= 4 is 0 Å². The van der Waals surface area contributed by atoms with Crippen LogP contribution in [0.5, 0.6) is 0 Å². The summed E-state index contributed by atoms with van der Waals surface area (Å²) in [5.41, 5.74) is -4.76. The van der Waals surface area contributed by atoms with Gasteiger partial charge in [-0.25, -0.2) is 4.74 Å². The summed E-state index contributed by atoms with van der Waals surface area (Å²) in [5.74, 6) is -49.2. The molecule has 0 aromatic rings. The van der Waals surface area contributed by atoms with Crippen LogP contribution >= 0.6 is 0 Å². The van der Waals surface area contributed by atoms with Crippen molar-refractivity contribution in [1.29, 1.82) is 0 Å². The average Bonchev–Trinajstić information content (AvgIpc) is 2.58. The topological polar surface area (TPSA) is 52.4 Å². The number of alkyl halides is 19. The maximum Gasteiger partial charge on any atom is 0.462 e. The summed E-state index contributed by atoms with van der Waals surface area (Å²) in [6.07, 6.45) is -24.0. The van der Waals surface area contributed by atoms with Crippen molar-refractivity contribution in [1.82, 2.24) is 0 Å². The van der Waals surface area contributed by atoms with Gasteiger partial charge < -0.3 is 0 Å². The Kier molecular flexibility index (Phi) is 7.56. The van der Waals surface area contributed by atoms with Gasteiger partial charge in [0, 0.05) is 18.8 Å². The van der Waals surface area contributed by atoms with Crippen LogP contribution in [0.3, 0.4) is 0 Å². The van der Waals surface area contributed by atoms with Gasteiger partial charge in [-0.05, 0) is 0 Å². The van der Waals surface area contributed by atoms with Crippen LogP contribution in [0.25, 0.3) is 0 Å². The quantitative estimate of drug-likeness (QED) is 0.168. The van der Waals surface area contributed by atoms with Crippen LogP contribution in [0, 0.1) is 10.1 Å². The van der Waals surface area contributed by atoms with E-state index in [1.807, 2.05) is 0 Å². The van der Waals surface area contributed by atoms with Gasteiger partial charge in [0.05, 0.1) is 0 Å². The largest absolute Gasteiger partial charge is 0.462 e. The molecular formula is C12H6F19NO3. The molecule has 0 unspecified atom stereocenters. The molecule has 0 radical (unpaired) electrons. The molecule has 0 aliphatic heterocycles. The molecule has 210 valence electrons. The highest BCUT2D eigenvalue weighted by Gasteiger charge is 2.94. The lowest BCUT2D eigenvalue weighted by molar-refractivity contribution is -0.608. The van der Waals surface area contributed by atoms with Crippen molar-refractivity contribution in [3.05, 3.63) is 10.1 Å². The summed E-state index contributed by atoms with van der Waals surface area (Å²) in [5, 5.41) is 10.4. The Labute approximate surface area is 178 Å². The number of nitrogens with zero attached hydrogens (tertiary/aromatic N) is 1. The molecule has 0 spiro atoms. The lowest BCUT2D eigenvalue weighted by Gasteiger charge is -2.42. The second kappa shape index (κ2) is 8.02. The van der Waals surface area contributed by atoms with Gasteiger partial charge in [0.25, 0.3) is 5.54 Å². The fourth-order valence-corrected chi connectivity index (χ4v) is 1.73. The summed E-state index contributed by atoms with van der Waals surface area (Å²) < 4.78 is 249. The Morgan fingerprint density at radius 1 is 0.486 bits per heavy atom. The van der Waals surface area contributed by atoms with Crippen LogP contribution in [0.4, 0.5) is 83.4 Å². The molecule has 4 nitrogen and oxygen atoms in total. The predicted octanol–water partition coefficient (Wildman–Crippen LogP) is 6.62. The number of halogens is 19. The van der Waals surface area contributed by atoms with Crippen molar-refractivity contribution in [3.63, 3.8) is 0 Å². The summed E-state index contributed by atoms with van der Waals surface area (Å²) in [7, 11) is 0. The highest BCUT2D eigenvalue weighted by atomic mass is 19.4. The first kappa shape index (κ1) is 33.0. The molecule has 0 N–H and O–H groups in total. The Bertz CT molecular complexity index is 814. The van der Waals surface area contributed by atoms with E-state index in [2.05, 4.69) is 0 Å². The monoisotopic (exact) mass is 573 g/mol. The summed E-state index contributed by atoms with van der Waals surface area (Å²) in [6.45, 7) is -1.32. The smallest absolute Gasteiger partial charge is 0.264 e. The van der Waals surface area contributed by atoms with E-state index in [4.69, 9.17) is 0 Å². The third-order valence-corrected chi connectivity index (χ3v) is 4.15. The van der Waals surface area contributed by atoms with Crippen LogP contribution in [0.1, 0.15) is 13.8 Å². The third-order valence-electron chi connectivity index (χ3n) is 4.15. The zero-order chi connectivity index (χ0) is 29.3. The number of rotatable bonds is 10. The fourth-order valence-electron chi connectivity index (χ4n) is 1.73. The van der Waals surface area contributed by atoms with Crippen LogP contribution in [0.15, 0.2) is 0 Å². The van der Waals surface area contributed by atoms with Crippen molar-refractivity contribution in [2.24, 2.45) is 0 Å². The average molecular weight is 573 g/mol. The van der Waals surface area contributed by atoms with Crippen molar-refractivity contribution < 1.29 is 93.1 Å². The second-order valence-corrected chi connectivity index (χ2v) is 6.90. The minimum absolute atomic E-state index is 0.662. The molecule has 0 rings (SSSR count). The molecule has 0 aliphatic rings. The van der Waals surface area contributed by atoms with E-state index in [0.29, 0.717) is 0 Å². The molecule has 0 fully saturated rings. The molecule has 0 bridgehead atoms. The minimum atomic E-state index is -8.76. The van der Waals surface area contributed by atoms with Gasteiger partial charge in [-0.1, -0.05) is 0 Å². The molecule has 35 heavy (non-hydrogen) atoms. The van der Waals surface area contributed by atoms with Crippen LogP contribution in [-0.2, 0) is 4.74 Å². The fraction of sp³-hybridized carbons (Fsp3) is 1.00. The lowest BCUT2D eigenvalue weighted by atomic mass is 9.85. The van der Waals surface area contributed by atoms with Gasteiger partial charge in [-0.3, -0.25) is 10.1 Å². The van der Waals surface area contributed by atoms with E-state index in [1.54, 1.807) is 0 Å². The third kappa shape index (κ3) is 4.29. The van der Waals surface area contributed by atoms with Gasteiger partial charge in [-0.15, -0.1) is 0 Å². The first-order chi connectivity index (χ1) is 14.7. The maximum absolute atomic E-state index is 13.7. The van der Waals surface area contributed by atoms with Gasteiger partial charge >= 0.3 is 53.9 Å². The number of nitro groups is 1. The lowest BCUT2D eigenvalue weighted by Crippen LogP contribution is -2.74. The number of ether oxygens (including phenoxy) is 1. The van der Waals surface area contributed by atoms with Gasteiger partial charge in [0.15, 0.2) is 0 Å². The van der Waals surface area contributed by atoms with Crippen LogP contribution in [-0.4, -0.2) is 64.4 Å². The first-order valence-electron chi connectivity index (χ1n) is 7.59. The molecule has 0 heterocycles. The zero-order valence-electron chi connectivity index (χ0n) is 15.9. The molecule has 0 aromatic carbocycles. The summed E-state index contributed by atoms with van der Waals surface area (Å²) in [4.78, 5) is 7.87. The van der Waals surface area contributed by atoms with Gasteiger partial charge in [0.1, 0.15) is 0 Å². The van der Waals surface area contributed by atoms with Crippen molar-refractivity contribution in [2.45, 2.75) is 73.3 Å². The predicted molar refractivity (Wildman–Crippen MR) is 67.8 cm³/mol. The SMILES string of the molecule is CC(C)([N+](=O)[O-])C(F)(F)C(F)(F)C(F)(F)C(F)(F)C(F)(F)C(F)(F)OC(F)(F)C(F)(F)C(F)(F)F. The summed E-state index contributed by atoms with van der Waals surface area (Å²) in [6, 6.07) is 0. The Hall–Kier alpha value is -1.97. The molecule has 0 saturated heterocycles. The van der Waals surface area contributed by atoms with E-state index in [0.717, 1.165) is 4.74 Å². The summed E-state index contributed by atoms with van der Waals surface area (Å²) >= 11 is 0. The van der Waals surface area contributed by atoms with E-state index in [9.17, 15) is 93.5 Å². The number of hydrogen-bond donors (Lipinski definition) is 0. The van der Waals surface area contributed by atoms with E-state index in [-0.39, 0.29) is 0 Å². The van der Waals surface area contributed by atoms with Crippen LogP contribution < -0.4 is 0 Å². The number of hydrogen-bond acceptors (Lipinski definition) is 3. The highest BCUT2D eigenvalue weighted by Crippen LogP contribution is 2.63. The van der Waals surface area contributed by atoms with Crippen molar-refractivity contribution in [3.8, 4) is 0 Å². The van der Waals surface area contributed by atoms with E-state index in [1.165, 1.54) is 0 Å². The first-order valence-corrected chi connectivity index (χ1v) is 7.59. The van der Waals surface area contributed by atoms with Crippen LogP contribution in [0.2, 0.25) is 0 Å². The van der Waals surface area contributed by atoms with E-state index >= 15 is 0 Å². The van der Waals surface area contributed by atoms with Crippen molar-refractivity contribution in [2.75, 3.05) is 0 Å². The second-order valence-electron chi connectivity index (χ2n) is 6.90. The molecule has 0 saturated carbocycles. The molecule has 0 atom stereocenters.